The average molecular weight is 820 g/mol. The molecule has 8 atom stereocenters. The third kappa shape index (κ3) is 7.57. The van der Waals surface area contributed by atoms with E-state index in [1.54, 1.807) is 0 Å². The Labute approximate surface area is 289 Å². The van der Waals surface area contributed by atoms with Gasteiger partial charge in [-0.3, -0.25) is 41.9 Å². The molecule has 4 aromatic rings. The molecule has 4 aromatic heterocycles. The molecule has 0 aromatic carbocycles. The van der Waals surface area contributed by atoms with Crippen molar-refractivity contribution in [3.05, 3.63) is 33.4 Å². The van der Waals surface area contributed by atoms with Crippen LogP contribution in [0.25, 0.3) is 22.3 Å². The largest absolute Gasteiger partial charge is 0.624 e. The highest BCUT2D eigenvalue weighted by Gasteiger charge is 2.47. The van der Waals surface area contributed by atoms with Crippen molar-refractivity contribution >= 4 is 57.7 Å². The van der Waals surface area contributed by atoms with E-state index in [1.165, 1.54) is 0 Å². The Hall–Kier alpha value is -3.93. The number of rotatable bonds is 12. The highest BCUT2D eigenvalue weighted by molar-refractivity contribution is 7.47. The Morgan fingerprint density at radius 1 is 0.660 bits per heavy atom. The number of phosphoric ester groups is 2. The zero-order valence-corrected chi connectivity index (χ0v) is 28.5. The fraction of sp³-hybridized carbons (Fsp3) is 0.500. The highest BCUT2D eigenvalue weighted by Crippen LogP contribution is 2.41. The summed E-state index contributed by atoms with van der Waals surface area (Å²) >= 11 is 0. The molecule has 2 fully saturated rings. The van der Waals surface area contributed by atoms with E-state index in [0.717, 1.165) is 21.8 Å². The number of ether oxygens (including phenoxy) is 2. The molecule has 13 N–H and O–H groups in total. The van der Waals surface area contributed by atoms with Crippen molar-refractivity contribution < 1.29 is 86.4 Å². The van der Waals surface area contributed by atoms with Gasteiger partial charge in [-0.2, -0.15) is 9.97 Å². The molecule has 6 rings (SSSR count). The van der Waals surface area contributed by atoms with E-state index in [9.17, 15) is 48.6 Å². The second-order valence-electron chi connectivity index (χ2n) is 11.1. The van der Waals surface area contributed by atoms with Crippen molar-refractivity contribution in [1.82, 2.24) is 38.5 Å². The van der Waals surface area contributed by atoms with E-state index < -0.39 is 131 Å². The maximum absolute atomic E-state index is 13.2. The predicted molar refractivity (Wildman–Crippen MR) is 163 cm³/mol. The zero-order chi connectivity index (χ0) is 38.9. The second kappa shape index (κ2) is 13.7. The maximum Gasteiger partial charge on any atom is 0.624 e. The van der Waals surface area contributed by atoms with Gasteiger partial charge in [0.15, 0.2) is 34.8 Å². The minimum Gasteiger partial charge on any atom is -0.387 e. The Balaban J connectivity index is 1.23. The number of phosphoric acid groups is 3. The van der Waals surface area contributed by atoms with Crippen molar-refractivity contribution in [3.63, 3.8) is 0 Å². The van der Waals surface area contributed by atoms with Crippen molar-refractivity contribution in [2.24, 2.45) is 0 Å². The van der Waals surface area contributed by atoms with Crippen LogP contribution in [0.4, 0.5) is 11.9 Å². The Morgan fingerprint density at radius 2 is 1.02 bits per heavy atom. The number of imidazole rings is 2. The number of hydrogen-bond donors (Lipinski definition) is 11. The van der Waals surface area contributed by atoms with Gasteiger partial charge in [-0.25, -0.2) is 23.7 Å². The summed E-state index contributed by atoms with van der Waals surface area (Å²) in [5.74, 6) is -1.88. The fourth-order valence-corrected chi connectivity index (χ4v) is 6.67. The molecule has 0 amide bonds. The van der Waals surface area contributed by atoms with Gasteiger partial charge in [-0.1, -0.05) is 9.46 Å². The minimum absolute atomic E-state index is 0.0451. The first kappa shape index (κ1) is 38.8. The number of hydrogen-bond acceptors (Lipinski definition) is 21. The summed E-state index contributed by atoms with van der Waals surface area (Å²) in [5, 5.41) is 41.5. The quantitative estimate of drug-likeness (QED) is 0.0592. The van der Waals surface area contributed by atoms with Crippen molar-refractivity contribution in [1.29, 1.82) is 0 Å². The maximum atomic E-state index is 13.2. The van der Waals surface area contributed by atoms with Gasteiger partial charge < -0.3 is 60.9 Å². The number of aliphatic hydroxyl groups is 4. The average Bonchev–Trinajstić information content (AvgIpc) is 3.80. The van der Waals surface area contributed by atoms with Gasteiger partial charge in [0.2, 0.25) is 11.9 Å². The van der Waals surface area contributed by atoms with E-state index in [1.807, 2.05) is 0 Å². The van der Waals surface area contributed by atoms with E-state index in [2.05, 4.69) is 29.0 Å². The van der Waals surface area contributed by atoms with Gasteiger partial charge in [-0.05, 0) is 0 Å². The highest BCUT2D eigenvalue weighted by atomic mass is 31.2. The lowest BCUT2D eigenvalue weighted by Crippen LogP contribution is -2.35. The van der Waals surface area contributed by atoms with Crippen LogP contribution in [0.5, 0.6) is 0 Å². The third-order valence-electron chi connectivity index (χ3n) is 7.57. The molecule has 0 aliphatic carbocycles. The molecule has 4 unspecified atom stereocenters. The number of aliphatic hydroxyl groups excluding tert-OH is 4. The third-order valence-corrected chi connectivity index (χ3v) is 9.28. The molecule has 0 spiro atoms. The lowest BCUT2D eigenvalue weighted by atomic mass is 10.1. The Bertz CT molecular complexity index is 2160. The molecular weight excluding hydrogens is 793 g/mol. The zero-order valence-electron chi connectivity index (χ0n) is 25.8. The summed E-state index contributed by atoms with van der Waals surface area (Å²) in [6, 6.07) is 0. The standard InChI is InChI=1S/C20H27N10O20P3/c21-19-25-13-7(23-3-27(13)17-11(33)9(31)5(47-17)1-45-51(37,38)39)15(35)29(19)49-53(43,44)50-30-16(36)8-14(26-20(30)22)28(4-24-8)18-12(34)10(32)6(48-18)2-46-52(40,41)42/h3-6,9-12,17-18,31-34H,1-2H2,(H2,21,25)(H2,22,26)(H,43,44)(H2,37,38,39)(H2,40,41,42)/t5-,6-,9?,10?,11?,12?,17-,18-/m1/s1. The molecule has 0 radical (unpaired) electrons. The molecule has 53 heavy (non-hydrogen) atoms. The normalized spacial score (nSPS) is 27.8. The van der Waals surface area contributed by atoms with E-state index in [-0.39, 0.29) is 9.46 Å². The SMILES string of the molecule is Nc1nc2c(ncn2[C@@H]2O[C@H](COP(=O)(O)O)C(O)C2O)c(=O)n1OP(=O)(O)On1c(N)nc2c(ncn2[C@@H]2O[C@H](COP(=O)(O)O)C(O)C2O)c1=O. The van der Waals surface area contributed by atoms with Crippen molar-refractivity contribution in [2.45, 2.75) is 49.1 Å². The summed E-state index contributed by atoms with van der Waals surface area (Å²) < 4.78 is 65.8. The first-order valence-electron chi connectivity index (χ1n) is 14.2. The minimum atomic E-state index is -5.66. The molecular formula is C20H27N10O20P3. The molecule has 0 saturated carbocycles. The van der Waals surface area contributed by atoms with Gasteiger partial charge >= 0.3 is 34.6 Å². The van der Waals surface area contributed by atoms with Crippen LogP contribution in [-0.2, 0) is 32.2 Å². The molecule has 6 heterocycles. The second-order valence-corrected chi connectivity index (χ2v) is 14.8. The Morgan fingerprint density at radius 3 is 1.36 bits per heavy atom. The molecule has 0 bridgehead atoms. The number of aromatic nitrogens is 8. The number of anilines is 2. The van der Waals surface area contributed by atoms with Gasteiger partial charge in [0.05, 0.1) is 25.9 Å². The van der Waals surface area contributed by atoms with E-state index in [4.69, 9.17) is 49.8 Å². The van der Waals surface area contributed by atoms with E-state index in [0.29, 0.717) is 0 Å². The monoisotopic (exact) mass is 820 g/mol. The van der Waals surface area contributed by atoms with Gasteiger partial charge in [0.1, 0.15) is 36.6 Å². The lowest BCUT2D eigenvalue weighted by Gasteiger charge is -2.18. The number of nitrogen functional groups attached to an aromatic ring is 2. The van der Waals surface area contributed by atoms with Gasteiger partial charge in [-0.15, -0.1) is 0 Å². The molecule has 2 saturated heterocycles. The van der Waals surface area contributed by atoms with Crippen LogP contribution in [0, 0.1) is 0 Å². The first-order valence-corrected chi connectivity index (χ1v) is 18.8. The summed E-state index contributed by atoms with van der Waals surface area (Å²) in [6.07, 6.45) is -11.3. The predicted octanol–water partition coefficient (Wildman–Crippen LogP) is -6.22. The molecule has 292 valence electrons. The van der Waals surface area contributed by atoms with Crippen LogP contribution >= 0.6 is 23.5 Å². The van der Waals surface area contributed by atoms with Gasteiger partial charge in [0.25, 0.3) is 0 Å². The number of nitrogens with zero attached hydrogens (tertiary/aromatic N) is 8. The summed E-state index contributed by atoms with van der Waals surface area (Å²) in [5.41, 5.74) is 6.77. The molecule has 2 aliphatic heterocycles. The molecule has 33 heteroatoms. The molecule has 2 aliphatic rings. The van der Waals surface area contributed by atoms with Crippen LogP contribution in [0.3, 0.4) is 0 Å². The number of fused-ring (bicyclic) bond motifs is 2. The molecule has 30 nitrogen and oxygen atoms in total. The smallest absolute Gasteiger partial charge is 0.387 e. The summed E-state index contributed by atoms with van der Waals surface area (Å²) in [4.78, 5) is 87.9. The van der Waals surface area contributed by atoms with Crippen LogP contribution in [-0.4, -0.2) is 133 Å². The van der Waals surface area contributed by atoms with E-state index >= 15 is 0 Å². The summed E-state index contributed by atoms with van der Waals surface area (Å²) in [7, 11) is -15.6. The lowest BCUT2D eigenvalue weighted by molar-refractivity contribution is -0.0504. The van der Waals surface area contributed by atoms with Gasteiger partial charge in [0, 0.05) is 0 Å². The van der Waals surface area contributed by atoms with Crippen LogP contribution < -0.4 is 31.8 Å². The van der Waals surface area contributed by atoms with Crippen molar-refractivity contribution in [3.8, 4) is 0 Å². The number of nitrogens with two attached hydrogens (primary N) is 2. The first-order chi connectivity index (χ1) is 24.6. The summed E-state index contributed by atoms with van der Waals surface area (Å²) in [6.45, 7) is -1.71. The van der Waals surface area contributed by atoms with Crippen LogP contribution in [0.1, 0.15) is 12.5 Å². The topological polar surface area (TPSA) is 446 Å². The van der Waals surface area contributed by atoms with Crippen LogP contribution in [0.15, 0.2) is 22.2 Å². The Kier molecular flexibility index (Phi) is 10.0. The van der Waals surface area contributed by atoms with Crippen LogP contribution in [0.2, 0.25) is 0 Å². The van der Waals surface area contributed by atoms with Crippen molar-refractivity contribution in [2.75, 3.05) is 24.7 Å². The fourth-order valence-electron chi connectivity index (χ4n) is 5.23.